The van der Waals surface area contributed by atoms with E-state index in [1.165, 1.54) is 31.3 Å². The van der Waals surface area contributed by atoms with Crippen molar-refractivity contribution in [2.75, 3.05) is 32.7 Å². The van der Waals surface area contributed by atoms with Gasteiger partial charge in [-0.15, -0.1) is 45.9 Å². The monoisotopic (exact) mass is 483 g/mol. The van der Waals surface area contributed by atoms with Crippen LogP contribution < -0.4 is 0 Å². The zero-order valence-electron chi connectivity index (χ0n) is 16.5. The van der Waals surface area contributed by atoms with Gasteiger partial charge in [-0.25, -0.2) is 0 Å². The number of hydrogen-bond acceptors (Lipinski definition) is 0. The van der Waals surface area contributed by atoms with E-state index in [9.17, 15) is 0 Å². The fraction of sp³-hybridized carbons (Fsp3) is 0.524. The number of hydrogen-bond donors (Lipinski definition) is 0. The molecule has 0 aromatic rings. The molecule has 0 atom stereocenters. The van der Waals surface area contributed by atoms with Crippen molar-refractivity contribution in [1.29, 1.82) is 0 Å². The summed E-state index contributed by atoms with van der Waals surface area (Å²) in [6.07, 6.45) is 16.6. The van der Waals surface area contributed by atoms with Crippen molar-refractivity contribution in [2.45, 2.75) is 25.7 Å². The van der Waals surface area contributed by atoms with E-state index in [1.54, 1.807) is 6.20 Å². The predicted octanol–water partition coefficient (Wildman–Crippen LogP) is 7.98. The van der Waals surface area contributed by atoms with Gasteiger partial charge in [-0.1, -0.05) is 62.6 Å². The van der Waals surface area contributed by atoms with E-state index in [4.69, 9.17) is 30.1 Å². The van der Waals surface area contributed by atoms with Gasteiger partial charge in [0.1, 0.15) is 0 Å². The quantitative estimate of drug-likeness (QED) is 0.364. The zero-order valence-corrected chi connectivity index (χ0v) is 20.0. The van der Waals surface area contributed by atoms with Crippen LogP contribution in [0.15, 0.2) is 61.9 Å². The van der Waals surface area contributed by atoms with Crippen molar-refractivity contribution in [3.8, 4) is 0 Å². The third-order valence-electron chi connectivity index (χ3n) is 4.34. The van der Waals surface area contributed by atoms with E-state index in [2.05, 4.69) is 47.8 Å². The molecule has 0 spiro atoms. The van der Waals surface area contributed by atoms with Crippen molar-refractivity contribution in [3.63, 3.8) is 0 Å². The maximum absolute atomic E-state index is 4.93. The van der Waals surface area contributed by atoms with Gasteiger partial charge >= 0.3 is 41.5 Å². The Hall–Kier alpha value is -0.178. The Morgan fingerprint density at radius 2 is 1.29 bits per heavy atom. The minimum atomic E-state index is -1.62. The molecule has 0 radical (unpaired) electrons. The Bertz CT molecular complexity index is 445. The molecule has 3 rings (SSSR count). The van der Waals surface area contributed by atoms with Gasteiger partial charge in [-0.3, -0.25) is 0 Å². The van der Waals surface area contributed by atoms with Crippen molar-refractivity contribution in [2.24, 2.45) is 11.8 Å². The van der Waals surface area contributed by atoms with Gasteiger partial charge in [-0.2, -0.15) is 6.20 Å². The molecular formula is C21H32Cl3CrN3-3. The summed E-state index contributed by atoms with van der Waals surface area (Å²) in [6.45, 7) is 16.1. The number of piperidine rings is 2. The molecule has 3 nitrogen and oxygen atoms in total. The van der Waals surface area contributed by atoms with Crippen LogP contribution in [0.4, 0.5) is 0 Å². The van der Waals surface area contributed by atoms with Crippen molar-refractivity contribution >= 4 is 30.1 Å². The molecule has 161 valence electrons. The first-order chi connectivity index (χ1) is 13.5. The van der Waals surface area contributed by atoms with Crippen molar-refractivity contribution in [3.05, 3.63) is 77.8 Å². The van der Waals surface area contributed by atoms with Crippen LogP contribution >= 0.6 is 30.1 Å². The summed E-state index contributed by atoms with van der Waals surface area (Å²) >= 11 is -1.62. The summed E-state index contributed by atoms with van der Waals surface area (Å²) in [5.41, 5.74) is 1.17. The molecule has 0 aromatic carbocycles. The molecule has 0 N–H and O–H groups in total. The van der Waals surface area contributed by atoms with E-state index < -0.39 is 11.4 Å². The molecule has 0 saturated carbocycles. The Kier molecular flexibility index (Phi) is 20.0. The summed E-state index contributed by atoms with van der Waals surface area (Å²) in [4.78, 5) is 0. The average Bonchev–Trinajstić information content (AvgIpc) is 2.76. The Balaban J connectivity index is 0.000000358. The Morgan fingerprint density at radius 1 is 0.857 bits per heavy atom. The standard InChI is InChI=1S/2C7H12N.C7H8N.3ClH.Cr/c3*1-2-7-3-5-8-6-4-7;;;;/h2*2,7H,1,3-6H2;2-5H,1,6H2;3*1H;/q3*-1;;;;+3/p-3. The summed E-state index contributed by atoms with van der Waals surface area (Å²) in [5.74, 6) is 1.51. The van der Waals surface area contributed by atoms with E-state index in [0.717, 1.165) is 44.6 Å². The normalized spacial score (nSPS) is 19.2. The van der Waals surface area contributed by atoms with Gasteiger partial charge in [0.25, 0.3) is 0 Å². The number of nitrogens with zero attached hydrogens (tertiary/aromatic N) is 3. The fourth-order valence-electron chi connectivity index (χ4n) is 2.59. The maximum atomic E-state index is 4.93. The predicted molar refractivity (Wildman–Crippen MR) is 125 cm³/mol. The minimum absolute atomic E-state index is 0.757. The summed E-state index contributed by atoms with van der Waals surface area (Å²) in [5, 5.41) is 12.4. The van der Waals surface area contributed by atoms with E-state index in [-0.39, 0.29) is 0 Å². The third kappa shape index (κ3) is 17.9. The molecule has 0 bridgehead atoms. The van der Waals surface area contributed by atoms with Crippen molar-refractivity contribution in [1.82, 2.24) is 0 Å². The van der Waals surface area contributed by atoms with E-state index in [0.29, 0.717) is 0 Å². The second-order valence-corrected chi connectivity index (χ2v) is 12.6. The molecular weight excluding hydrogens is 453 g/mol. The molecule has 0 unspecified atom stereocenters. The van der Waals surface area contributed by atoms with Gasteiger partial charge in [0, 0.05) is 0 Å². The van der Waals surface area contributed by atoms with E-state index in [1.807, 2.05) is 18.2 Å². The van der Waals surface area contributed by atoms with Crippen LogP contribution in [0, 0.1) is 11.8 Å². The summed E-state index contributed by atoms with van der Waals surface area (Å²) in [6, 6.07) is 0. The second kappa shape index (κ2) is 20.1. The van der Waals surface area contributed by atoms with Crippen molar-refractivity contribution < 1.29 is 11.4 Å². The van der Waals surface area contributed by atoms with Crippen LogP contribution in [0.5, 0.6) is 0 Å². The Labute approximate surface area is 189 Å². The van der Waals surface area contributed by atoms with Gasteiger partial charge in [0.2, 0.25) is 0 Å². The van der Waals surface area contributed by atoms with Gasteiger partial charge in [0.05, 0.1) is 0 Å². The van der Waals surface area contributed by atoms with Crippen LogP contribution in [0.3, 0.4) is 0 Å². The average molecular weight is 485 g/mol. The van der Waals surface area contributed by atoms with Crippen LogP contribution in [0.1, 0.15) is 25.7 Å². The fourth-order valence-corrected chi connectivity index (χ4v) is 2.59. The number of halogens is 3. The van der Waals surface area contributed by atoms with Gasteiger partial charge < -0.3 is 16.0 Å². The first kappa shape index (κ1) is 27.8. The molecule has 0 aromatic heterocycles. The zero-order chi connectivity index (χ0) is 21.0. The molecule has 3 aliphatic heterocycles. The molecule has 2 saturated heterocycles. The molecule has 0 amide bonds. The van der Waals surface area contributed by atoms with Crippen LogP contribution in [0.2, 0.25) is 0 Å². The number of allylic oxidation sites excluding steroid dienone is 5. The van der Waals surface area contributed by atoms with E-state index >= 15 is 0 Å². The topological polar surface area (TPSA) is 42.3 Å². The molecule has 0 aliphatic carbocycles. The van der Waals surface area contributed by atoms with Gasteiger partial charge in [-0.05, 0) is 17.4 Å². The molecule has 2 fully saturated rings. The first-order valence-corrected chi connectivity index (χ1v) is 14.7. The molecule has 3 heterocycles. The molecule has 7 heteroatoms. The van der Waals surface area contributed by atoms with Crippen LogP contribution in [-0.2, 0) is 11.4 Å². The van der Waals surface area contributed by atoms with Crippen LogP contribution in [0.25, 0.3) is 16.0 Å². The summed E-state index contributed by atoms with van der Waals surface area (Å²) < 4.78 is 0. The SMILES string of the molecule is C=CC1=CC[N-]C=C1.C=CC1CC[N-]CC1.C=CC1CC[N-]CC1.[Cl][Cr]([Cl])[Cl]. The molecule has 28 heavy (non-hydrogen) atoms. The number of rotatable bonds is 3. The Morgan fingerprint density at radius 3 is 1.50 bits per heavy atom. The third-order valence-corrected chi connectivity index (χ3v) is 4.34. The van der Waals surface area contributed by atoms with Crippen LogP contribution in [-0.4, -0.2) is 32.7 Å². The summed E-state index contributed by atoms with van der Waals surface area (Å²) in [7, 11) is 14.8. The molecule has 3 aliphatic rings. The first-order valence-electron chi connectivity index (χ1n) is 9.43. The second-order valence-electron chi connectivity index (χ2n) is 6.25. The van der Waals surface area contributed by atoms with Gasteiger partial charge in [0.15, 0.2) is 0 Å².